The molecular formula is C8H15ClN2O4S. The zero-order valence-corrected chi connectivity index (χ0v) is 10.3. The molecule has 0 aromatic heterocycles. The predicted molar refractivity (Wildman–Crippen MR) is 62.7 cm³/mol. The molecule has 1 heterocycles. The third kappa shape index (κ3) is 2.86. The number of carboxylic acid groups (broad SMARTS) is 1. The van der Waals surface area contributed by atoms with Crippen LogP contribution >= 0.6 is 24.2 Å². The highest BCUT2D eigenvalue weighted by Crippen LogP contribution is 2.31. The van der Waals surface area contributed by atoms with E-state index in [1.54, 1.807) is 0 Å². The van der Waals surface area contributed by atoms with E-state index in [9.17, 15) is 14.7 Å². The molecule has 0 radical (unpaired) electrons. The fraction of sp³-hybridized carbons (Fsp3) is 0.750. The molecule has 8 heteroatoms. The van der Waals surface area contributed by atoms with Crippen molar-refractivity contribution in [2.45, 2.75) is 23.9 Å². The number of nitrogens with one attached hydrogen (secondary N) is 1. The summed E-state index contributed by atoms with van der Waals surface area (Å²) in [4.78, 5) is 21.1. The Bertz CT molecular complexity index is 289. The van der Waals surface area contributed by atoms with E-state index in [2.05, 4.69) is 5.32 Å². The average Bonchev–Trinajstić information content (AvgIpc) is 2.62. The number of carbonyl (C=O) groups is 2. The Labute approximate surface area is 103 Å². The number of aliphatic hydroxyl groups excluding tert-OH is 1. The van der Waals surface area contributed by atoms with Crippen molar-refractivity contribution in [3.8, 4) is 0 Å². The number of nitrogens with two attached hydrogens (primary N) is 1. The van der Waals surface area contributed by atoms with Gasteiger partial charge in [0, 0.05) is 5.75 Å². The minimum Gasteiger partial charge on any atom is -0.480 e. The lowest BCUT2D eigenvalue weighted by atomic mass is 10.1. The molecule has 1 aliphatic heterocycles. The standard InChI is InChI=1S/C8H14N2O4S.ClH/c1-4(9)6(12)8(3-11)10-5(2-15-8)7(13)14;/h4-5,10-11H,2-3,9H2,1H3,(H,13,14);1H/t4-,5?,8?;/m1./s1. The van der Waals surface area contributed by atoms with Crippen molar-refractivity contribution in [3.63, 3.8) is 0 Å². The Morgan fingerprint density at radius 1 is 1.69 bits per heavy atom. The summed E-state index contributed by atoms with van der Waals surface area (Å²) in [6, 6.07) is -1.55. The molecule has 0 aromatic carbocycles. The maximum Gasteiger partial charge on any atom is 0.321 e. The molecule has 16 heavy (non-hydrogen) atoms. The Hall–Kier alpha value is -0.340. The van der Waals surface area contributed by atoms with Crippen LogP contribution in [0.2, 0.25) is 0 Å². The van der Waals surface area contributed by atoms with Crippen LogP contribution < -0.4 is 11.1 Å². The van der Waals surface area contributed by atoms with E-state index in [1.807, 2.05) is 0 Å². The number of halogens is 1. The van der Waals surface area contributed by atoms with Crippen molar-refractivity contribution in [1.29, 1.82) is 0 Å². The molecule has 1 aliphatic rings. The molecule has 1 fully saturated rings. The number of Topliss-reactive ketones (excluding diaryl/α,β-unsaturated/α-hetero) is 1. The summed E-state index contributed by atoms with van der Waals surface area (Å²) in [6.45, 7) is 1.05. The summed E-state index contributed by atoms with van der Waals surface area (Å²) in [5.74, 6) is -1.16. The fourth-order valence-electron chi connectivity index (χ4n) is 1.40. The smallest absolute Gasteiger partial charge is 0.321 e. The fourth-order valence-corrected chi connectivity index (χ4v) is 2.72. The summed E-state index contributed by atoms with van der Waals surface area (Å²) < 4.78 is 0. The summed E-state index contributed by atoms with van der Waals surface area (Å²) in [6.07, 6.45) is 0. The first-order chi connectivity index (χ1) is 6.93. The Kier molecular flexibility index (Phi) is 5.71. The van der Waals surface area contributed by atoms with Gasteiger partial charge in [0.05, 0.1) is 12.6 Å². The van der Waals surface area contributed by atoms with Crippen LogP contribution in [0.15, 0.2) is 0 Å². The Balaban J connectivity index is 0.00000225. The van der Waals surface area contributed by atoms with E-state index < -0.39 is 29.5 Å². The molecule has 94 valence electrons. The molecule has 2 unspecified atom stereocenters. The van der Waals surface area contributed by atoms with Gasteiger partial charge in [-0.2, -0.15) is 0 Å². The van der Waals surface area contributed by atoms with Gasteiger partial charge < -0.3 is 15.9 Å². The van der Waals surface area contributed by atoms with Crippen LogP contribution in [0.5, 0.6) is 0 Å². The maximum absolute atomic E-state index is 11.7. The normalized spacial score (nSPS) is 30.6. The number of aliphatic carboxylic acids is 1. The molecule has 0 aliphatic carbocycles. The number of aliphatic hydroxyl groups is 1. The zero-order chi connectivity index (χ0) is 11.6. The third-order valence-electron chi connectivity index (χ3n) is 2.24. The number of carbonyl (C=O) groups excluding carboxylic acids is 1. The minimum atomic E-state index is -1.25. The van der Waals surface area contributed by atoms with Crippen LogP contribution in [-0.2, 0) is 9.59 Å². The number of rotatable bonds is 4. The highest BCUT2D eigenvalue weighted by Gasteiger charge is 2.48. The van der Waals surface area contributed by atoms with E-state index in [4.69, 9.17) is 10.8 Å². The van der Waals surface area contributed by atoms with Crippen LogP contribution in [0.4, 0.5) is 0 Å². The van der Waals surface area contributed by atoms with Gasteiger partial charge in [0.2, 0.25) is 0 Å². The van der Waals surface area contributed by atoms with Crippen molar-refractivity contribution in [2.75, 3.05) is 12.4 Å². The summed E-state index contributed by atoms with van der Waals surface area (Å²) in [5.41, 5.74) is 5.44. The van der Waals surface area contributed by atoms with Crippen LogP contribution in [0.25, 0.3) is 0 Å². The molecule has 0 saturated carbocycles. The monoisotopic (exact) mass is 270 g/mol. The summed E-state index contributed by atoms with van der Waals surface area (Å²) >= 11 is 1.09. The highest BCUT2D eigenvalue weighted by molar-refractivity contribution is 8.01. The van der Waals surface area contributed by atoms with Crippen molar-refractivity contribution < 1.29 is 19.8 Å². The Morgan fingerprint density at radius 2 is 2.25 bits per heavy atom. The van der Waals surface area contributed by atoms with Gasteiger partial charge in [0.15, 0.2) is 5.78 Å². The lowest BCUT2D eigenvalue weighted by molar-refractivity contribution is -0.139. The van der Waals surface area contributed by atoms with Gasteiger partial charge in [-0.15, -0.1) is 24.2 Å². The van der Waals surface area contributed by atoms with Gasteiger partial charge in [-0.3, -0.25) is 14.9 Å². The van der Waals surface area contributed by atoms with Crippen LogP contribution in [0.3, 0.4) is 0 Å². The molecule has 5 N–H and O–H groups in total. The van der Waals surface area contributed by atoms with E-state index in [0.717, 1.165) is 11.8 Å². The molecule has 3 atom stereocenters. The molecular weight excluding hydrogens is 256 g/mol. The van der Waals surface area contributed by atoms with Crippen molar-refractivity contribution >= 4 is 35.9 Å². The van der Waals surface area contributed by atoms with Crippen molar-refractivity contribution in [1.82, 2.24) is 5.32 Å². The van der Waals surface area contributed by atoms with E-state index >= 15 is 0 Å². The number of thioether (sulfide) groups is 1. The SMILES string of the molecule is C[C@@H](N)C(=O)C1(CO)NC(C(=O)O)CS1.Cl. The molecule has 0 spiro atoms. The molecule has 1 saturated heterocycles. The summed E-state index contributed by atoms with van der Waals surface area (Å²) in [7, 11) is 0. The first-order valence-corrected chi connectivity index (χ1v) is 5.46. The van der Waals surface area contributed by atoms with Gasteiger partial charge in [-0.1, -0.05) is 0 Å². The molecule has 0 bridgehead atoms. The second-order valence-corrected chi connectivity index (χ2v) is 4.80. The second kappa shape index (κ2) is 5.83. The quantitative estimate of drug-likeness (QED) is 0.508. The van der Waals surface area contributed by atoms with Gasteiger partial charge in [-0.25, -0.2) is 0 Å². The van der Waals surface area contributed by atoms with Crippen molar-refractivity contribution in [3.05, 3.63) is 0 Å². The van der Waals surface area contributed by atoms with Gasteiger partial charge >= 0.3 is 5.97 Å². The molecule has 1 rings (SSSR count). The average molecular weight is 271 g/mol. The molecule has 6 nitrogen and oxygen atoms in total. The summed E-state index contributed by atoms with van der Waals surface area (Å²) in [5, 5.41) is 20.6. The first kappa shape index (κ1) is 15.7. The number of carboxylic acids is 1. The van der Waals surface area contributed by atoms with Crippen LogP contribution in [0.1, 0.15) is 6.92 Å². The number of ketones is 1. The second-order valence-electron chi connectivity index (χ2n) is 3.48. The highest BCUT2D eigenvalue weighted by atomic mass is 35.5. The zero-order valence-electron chi connectivity index (χ0n) is 8.67. The first-order valence-electron chi connectivity index (χ1n) is 4.48. The maximum atomic E-state index is 11.7. The van der Waals surface area contributed by atoms with Gasteiger partial charge in [0.25, 0.3) is 0 Å². The van der Waals surface area contributed by atoms with E-state index in [0.29, 0.717) is 0 Å². The lowest BCUT2D eigenvalue weighted by Crippen LogP contribution is -2.57. The van der Waals surface area contributed by atoms with E-state index in [1.165, 1.54) is 6.92 Å². The minimum absolute atomic E-state index is 0. The predicted octanol–water partition coefficient (Wildman–Crippen LogP) is -1.20. The van der Waals surface area contributed by atoms with Crippen molar-refractivity contribution in [2.24, 2.45) is 5.73 Å². The molecule has 0 amide bonds. The van der Waals surface area contributed by atoms with Gasteiger partial charge in [0.1, 0.15) is 10.9 Å². The lowest BCUT2D eigenvalue weighted by Gasteiger charge is -2.26. The number of hydrogen-bond acceptors (Lipinski definition) is 6. The topological polar surface area (TPSA) is 113 Å². The van der Waals surface area contributed by atoms with Crippen LogP contribution in [-0.4, -0.2) is 51.3 Å². The third-order valence-corrected chi connectivity index (χ3v) is 3.68. The number of hydrogen-bond donors (Lipinski definition) is 4. The van der Waals surface area contributed by atoms with E-state index in [-0.39, 0.29) is 23.9 Å². The van der Waals surface area contributed by atoms with Gasteiger partial charge in [-0.05, 0) is 6.92 Å². The van der Waals surface area contributed by atoms with Crippen LogP contribution in [0, 0.1) is 0 Å². The Morgan fingerprint density at radius 3 is 2.56 bits per heavy atom. The largest absolute Gasteiger partial charge is 0.480 e. The molecule has 0 aromatic rings.